The number of amides is 2. The fourth-order valence-electron chi connectivity index (χ4n) is 2.73. The second-order valence-electron chi connectivity index (χ2n) is 6.17. The van der Waals surface area contributed by atoms with Crippen LogP contribution in [0.5, 0.6) is 5.75 Å². The molecule has 0 spiro atoms. The quantitative estimate of drug-likeness (QED) is 0.586. The summed E-state index contributed by atoms with van der Waals surface area (Å²) in [7, 11) is 1.63. The lowest BCUT2D eigenvalue weighted by atomic mass is 10.2. The van der Waals surface area contributed by atoms with Crippen molar-refractivity contribution in [1.82, 2.24) is 9.88 Å². The third kappa shape index (κ3) is 3.86. The number of ether oxygens (including phenoxy) is 1. The number of benzene rings is 1. The first-order chi connectivity index (χ1) is 12.9. The maximum Gasteiger partial charge on any atom is 0.366 e. The van der Waals surface area contributed by atoms with Crippen LogP contribution in [-0.4, -0.2) is 46.3 Å². The molecular weight excluding hydrogens is 352 g/mol. The Labute approximate surface area is 155 Å². The van der Waals surface area contributed by atoms with Crippen molar-refractivity contribution in [2.75, 3.05) is 18.5 Å². The van der Waals surface area contributed by atoms with E-state index >= 15 is 0 Å². The Balaban J connectivity index is 1.82. The lowest BCUT2D eigenvalue weighted by molar-refractivity contribution is -0.389. The van der Waals surface area contributed by atoms with E-state index in [2.05, 4.69) is 4.98 Å². The molecule has 1 aromatic carbocycles. The van der Waals surface area contributed by atoms with Gasteiger partial charge in [0, 0.05) is 19.7 Å². The molecule has 140 valence electrons. The highest BCUT2D eigenvalue weighted by molar-refractivity contribution is 6.02. The van der Waals surface area contributed by atoms with Gasteiger partial charge in [-0.2, -0.15) is 0 Å². The molecule has 9 heteroatoms. The zero-order valence-corrected chi connectivity index (χ0v) is 14.9. The number of hydrogen-bond donors (Lipinski definition) is 0. The van der Waals surface area contributed by atoms with E-state index in [4.69, 9.17) is 4.74 Å². The molecular formula is C18H18N4O5. The molecule has 0 fully saturated rings. The van der Waals surface area contributed by atoms with E-state index in [1.54, 1.807) is 14.0 Å². The first-order valence-corrected chi connectivity index (χ1v) is 8.28. The van der Waals surface area contributed by atoms with Crippen LogP contribution in [0.4, 0.5) is 11.6 Å². The zero-order chi connectivity index (χ0) is 19.6. The van der Waals surface area contributed by atoms with Crippen LogP contribution < -0.4 is 9.64 Å². The van der Waals surface area contributed by atoms with Crippen molar-refractivity contribution in [2.24, 2.45) is 0 Å². The average molecular weight is 370 g/mol. The normalized spacial score (nSPS) is 15.7. The Hall–Kier alpha value is -3.49. The van der Waals surface area contributed by atoms with Crippen molar-refractivity contribution in [3.8, 4) is 5.75 Å². The fourth-order valence-corrected chi connectivity index (χ4v) is 2.73. The summed E-state index contributed by atoms with van der Waals surface area (Å²) in [4.78, 5) is 42.0. The number of aromatic nitrogens is 1. The lowest BCUT2D eigenvalue weighted by Gasteiger charge is -2.30. The molecule has 2 aromatic rings. The van der Waals surface area contributed by atoms with Gasteiger partial charge in [0.1, 0.15) is 6.54 Å². The predicted molar refractivity (Wildman–Crippen MR) is 96.3 cm³/mol. The lowest BCUT2D eigenvalue weighted by Crippen LogP contribution is -2.49. The van der Waals surface area contributed by atoms with Crippen molar-refractivity contribution < 1.29 is 19.2 Å². The van der Waals surface area contributed by atoms with E-state index in [1.165, 1.54) is 17.0 Å². The van der Waals surface area contributed by atoms with Gasteiger partial charge in [-0.3, -0.25) is 14.5 Å². The van der Waals surface area contributed by atoms with E-state index in [9.17, 15) is 19.7 Å². The third-order valence-corrected chi connectivity index (χ3v) is 4.17. The average Bonchev–Trinajstić information content (AvgIpc) is 2.65. The molecule has 0 radical (unpaired) electrons. The third-order valence-electron chi connectivity index (χ3n) is 4.17. The van der Waals surface area contributed by atoms with Crippen LogP contribution in [0.3, 0.4) is 0 Å². The zero-order valence-electron chi connectivity index (χ0n) is 14.9. The Bertz CT molecular complexity index is 887. The van der Waals surface area contributed by atoms with E-state index in [-0.39, 0.29) is 24.0 Å². The van der Waals surface area contributed by atoms with Crippen LogP contribution >= 0.6 is 0 Å². The number of likely N-dealkylation sites (N-methyl/N-ethyl adjacent to an activating group) is 1. The van der Waals surface area contributed by atoms with Crippen LogP contribution in [-0.2, 0) is 16.1 Å². The van der Waals surface area contributed by atoms with E-state index in [1.807, 2.05) is 30.3 Å². The van der Waals surface area contributed by atoms with Gasteiger partial charge in [-0.15, -0.1) is 0 Å². The SMILES string of the molecule is CC1Oc2ccc([N+](=O)[O-])nc2N(CC(=O)N(C)Cc2ccccc2)C1=O. The van der Waals surface area contributed by atoms with Crippen molar-refractivity contribution >= 4 is 23.5 Å². The number of anilines is 1. The van der Waals surface area contributed by atoms with Crippen LogP contribution in [0, 0.1) is 10.1 Å². The van der Waals surface area contributed by atoms with Crippen LogP contribution in [0.1, 0.15) is 12.5 Å². The second-order valence-corrected chi connectivity index (χ2v) is 6.17. The van der Waals surface area contributed by atoms with E-state index in [0.29, 0.717) is 6.54 Å². The van der Waals surface area contributed by atoms with Gasteiger partial charge in [-0.25, -0.2) is 0 Å². The molecule has 1 aromatic heterocycles. The molecule has 3 rings (SSSR count). The Morgan fingerprint density at radius 3 is 2.67 bits per heavy atom. The molecule has 0 aliphatic carbocycles. The van der Waals surface area contributed by atoms with Gasteiger partial charge in [0.2, 0.25) is 5.91 Å². The van der Waals surface area contributed by atoms with Gasteiger partial charge in [0.15, 0.2) is 11.9 Å². The molecule has 2 heterocycles. The minimum absolute atomic E-state index is 0.0197. The summed E-state index contributed by atoms with van der Waals surface area (Å²) in [5, 5.41) is 11.0. The highest BCUT2D eigenvalue weighted by Crippen LogP contribution is 2.33. The standard InChI is InChI=1S/C18H18N4O5/c1-12-18(24)21(17-14(27-12)8-9-15(19-17)22(25)26)11-16(23)20(2)10-13-6-4-3-5-7-13/h3-9,12H,10-11H2,1-2H3. The monoisotopic (exact) mass is 370 g/mol. The van der Waals surface area contributed by atoms with Crippen molar-refractivity contribution in [1.29, 1.82) is 0 Å². The van der Waals surface area contributed by atoms with Gasteiger partial charge < -0.3 is 19.8 Å². The summed E-state index contributed by atoms with van der Waals surface area (Å²) in [5.74, 6) is -1.01. The number of fused-ring (bicyclic) bond motifs is 1. The fraction of sp³-hybridized carbons (Fsp3) is 0.278. The van der Waals surface area contributed by atoms with Gasteiger partial charge in [-0.1, -0.05) is 30.3 Å². The maximum absolute atomic E-state index is 12.6. The number of nitrogens with zero attached hydrogens (tertiary/aromatic N) is 4. The summed E-state index contributed by atoms with van der Waals surface area (Å²) >= 11 is 0. The van der Waals surface area contributed by atoms with Crippen LogP contribution in [0.2, 0.25) is 0 Å². The predicted octanol–water partition coefficient (Wildman–Crippen LogP) is 1.76. The Morgan fingerprint density at radius 1 is 1.30 bits per heavy atom. The minimum Gasteiger partial charge on any atom is -0.475 e. The van der Waals surface area contributed by atoms with Gasteiger partial charge >= 0.3 is 5.82 Å². The molecule has 0 N–H and O–H groups in total. The number of rotatable bonds is 5. The largest absolute Gasteiger partial charge is 0.475 e. The number of carbonyl (C=O) groups excluding carboxylic acids is 2. The highest BCUT2D eigenvalue weighted by atomic mass is 16.6. The summed E-state index contributed by atoms with van der Waals surface area (Å²) < 4.78 is 5.45. The van der Waals surface area contributed by atoms with Crippen molar-refractivity contribution in [2.45, 2.75) is 19.6 Å². The topological polar surface area (TPSA) is 106 Å². The number of nitro groups is 1. The van der Waals surface area contributed by atoms with Crippen LogP contribution in [0.25, 0.3) is 0 Å². The Morgan fingerprint density at radius 2 is 2.00 bits per heavy atom. The minimum atomic E-state index is -0.812. The maximum atomic E-state index is 12.6. The van der Waals surface area contributed by atoms with Gasteiger partial charge in [-0.05, 0) is 28.5 Å². The number of pyridine rings is 1. The van der Waals surface area contributed by atoms with Crippen molar-refractivity contribution in [3.05, 3.63) is 58.1 Å². The summed E-state index contributed by atoms with van der Waals surface area (Å²) in [5.41, 5.74) is 0.948. The van der Waals surface area contributed by atoms with Crippen LogP contribution in [0.15, 0.2) is 42.5 Å². The van der Waals surface area contributed by atoms with E-state index < -0.39 is 22.8 Å². The Kier molecular flexibility index (Phi) is 5.02. The molecule has 1 atom stereocenters. The van der Waals surface area contributed by atoms with Gasteiger partial charge in [0.25, 0.3) is 11.7 Å². The summed E-state index contributed by atoms with van der Waals surface area (Å²) in [6.07, 6.45) is -0.812. The molecule has 0 bridgehead atoms. The molecule has 1 unspecified atom stereocenters. The molecule has 9 nitrogen and oxygen atoms in total. The molecule has 1 aliphatic rings. The first kappa shape index (κ1) is 18.3. The molecule has 2 amide bonds. The van der Waals surface area contributed by atoms with E-state index in [0.717, 1.165) is 10.5 Å². The number of hydrogen-bond acceptors (Lipinski definition) is 6. The second kappa shape index (κ2) is 7.40. The molecule has 0 saturated carbocycles. The highest BCUT2D eigenvalue weighted by Gasteiger charge is 2.38. The molecule has 1 aliphatic heterocycles. The molecule has 0 saturated heterocycles. The first-order valence-electron chi connectivity index (χ1n) is 8.28. The molecule has 27 heavy (non-hydrogen) atoms. The van der Waals surface area contributed by atoms with Gasteiger partial charge in [0.05, 0.1) is 0 Å². The van der Waals surface area contributed by atoms with Crippen molar-refractivity contribution in [3.63, 3.8) is 0 Å². The number of carbonyl (C=O) groups is 2. The smallest absolute Gasteiger partial charge is 0.366 e. The summed E-state index contributed by atoms with van der Waals surface area (Å²) in [6.45, 7) is 1.65. The summed E-state index contributed by atoms with van der Waals surface area (Å²) in [6, 6.07) is 12.0.